The maximum Gasteiger partial charge on any atom is 0.316 e. The number of hydrogen-bond donors (Lipinski definition) is 2. The molecule has 3 aliphatic rings. The first-order valence-electron chi connectivity index (χ1n) is 13.5. The lowest BCUT2D eigenvalue weighted by atomic mass is 9.65. The van der Waals surface area contributed by atoms with Crippen molar-refractivity contribution >= 4 is 23.2 Å². The quantitative estimate of drug-likeness (QED) is 0.400. The fourth-order valence-corrected chi connectivity index (χ4v) is 6.44. The van der Waals surface area contributed by atoms with Crippen molar-refractivity contribution in [2.75, 3.05) is 16.8 Å². The highest BCUT2D eigenvalue weighted by atomic mass is 19.1. The van der Waals surface area contributed by atoms with Crippen LogP contribution in [0.15, 0.2) is 48.9 Å². The van der Waals surface area contributed by atoms with E-state index >= 15 is 0 Å². The smallest absolute Gasteiger partial charge is 0.316 e. The summed E-state index contributed by atoms with van der Waals surface area (Å²) in [6.45, 7) is 2.36. The number of aliphatic carboxylic acids is 1. The number of carbonyl (C=O) groups is 1. The Balaban J connectivity index is 1.33. The molecule has 1 aromatic carbocycles. The Bertz CT molecular complexity index is 1300. The van der Waals surface area contributed by atoms with E-state index in [0.717, 1.165) is 49.2 Å². The fourth-order valence-electron chi connectivity index (χ4n) is 6.44. The molecule has 2 bridgehead atoms. The van der Waals surface area contributed by atoms with Gasteiger partial charge in [0.05, 0.1) is 35.8 Å². The van der Waals surface area contributed by atoms with Crippen molar-refractivity contribution in [3.63, 3.8) is 0 Å². The van der Waals surface area contributed by atoms with E-state index in [9.17, 15) is 14.3 Å². The molecule has 2 saturated heterocycles. The number of anilines is 3. The van der Waals surface area contributed by atoms with Gasteiger partial charge in [-0.1, -0.05) is 18.6 Å². The van der Waals surface area contributed by atoms with Crippen molar-refractivity contribution in [2.24, 2.45) is 0 Å². The summed E-state index contributed by atoms with van der Waals surface area (Å²) in [6, 6.07) is 9.78. The van der Waals surface area contributed by atoms with Crippen LogP contribution in [0.2, 0.25) is 0 Å². The lowest BCUT2D eigenvalue weighted by molar-refractivity contribution is -0.147. The van der Waals surface area contributed by atoms with Crippen molar-refractivity contribution in [2.45, 2.75) is 75.3 Å². The van der Waals surface area contributed by atoms with Gasteiger partial charge in [0.1, 0.15) is 5.82 Å². The van der Waals surface area contributed by atoms with Gasteiger partial charge in [-0.05, 0) is 80.7 Å². The second-order valence-corrected chi connectivity index (χ2v) is 10.7. The number of benzene rings is 1. The van der Waals surface area contributed by atoms with Gasteiger partial charge in [-0.2, -0.15) is 0 Å². The zero-order valence-electron chi connectivity index (χ0n) is 21.4. The van der Waals surface area contributed by atoms with E-state index in [2.05, 4.69) is 20.2 Å². The highest BCUT2D eigenvalue weighted by Crippen LogP contribution is 2.49. The molecule has 8 nitrogen and oxygen atoms in total. The molecular weight excluding hydrogens is 485 g/mol. The zero-order chi connectivity index (χ0) is 26.3. The summed E-state index contributed by atoms with van der Waals surface area (Å²) in [5.41, 5.74) is 2.47. The number of aromatic nitrogens is 3. The lowest BCUT2D eigenvalue weighted by Crippen LogP contribution is -2.44. The minimum Gasteiger partial charge on any atom is -0.481 e. The zero-order valence-corrected chi connectivity index (χ0v) is 21.4. The number of hydrogen-bond acceptors (Lipinski definition) is 7. The average molecular weight is 518 g/mol. The number of piperidine rings is 1. The highest BCUT2D eigenvalue weighted by molar-refractivity contribution is 5.84. The molecule has 38 heavy (non-hydrogen) atoms. The molecule has 2 aliphatic heterocycles. The van der Waals surface area contributed by atoms with Crippen LogP contribution >= 0.6 is 0 Å². The first-order chi connectivity index (χ1) is 18.5. The number of carboxylic acids is 1. The van der Waals surface area contributed by atoms with Crippen molar-refractivity contribution in [3.8, 4) is 6.01 Å². The number of pyridine rings is 1. The second-order valence-electron chi connectivity index (χ2n) is 10.7. The van der Waals surface area contributed by atoms with Gasteiger partial charge in [-0.25, -0.2) is 19.3 Å². The Morgan fingerprint density at radius 3 is 2.37 bits per heavy atom. The predicted octanol–water partition coefficient (Wildman–Crippen LogP) is 5.57. The van der Waals surface area contributed by atoms with E-state index in [1.165, 1.54) is 5.56 Å². The van der Waals surface area contributed by atoms with Crippen LogP contribution in [0.5, 0.6) is 6.01 Å². The standard InChI is InChI=1S/C29H32FN5O3/c1-2-38-28-32-16-22(17-33-28)34-25-14-20(29(27(36)37)10-3-11-29)15-31-26(25)35-23-8-9-24(35)13-19(12-23)18-4-6-21(30)7-5-18/h4-7,14-17,19,23-24,34H,2-3,8-13H2,1H3,(H,36,37). The Morgan fingerprint density at radius 2 is 1.79 bits per heavy atom. The van der Waals surface area contributed by atoms with Crippen LogP contribution in [0.25, 0.3) is 0 Å². The number of rotatable bonds is 8. The minimum atomic E-state index is -0.883. The van der Waals surface area contributed by atoms with E-state index in [1.54, 1.807) is 30.7 Å². The monoisotopic (exact) mass is 517 g/mol. The molecule has 2 N–H and O–H groups in total. The van der Waals surface area contributed by atoms with E-state index in [1.807, 2.05) is 25.1 Å². The third kappa shape index (κ3) is 4.33. The topological polar surface area (TPSA) is 100 Å². The van der Waals surface area contributed by atoms with Crippen LogP contribution in [0.1, 0.15) is 68.9 Å². The maximum absolute atomic E-state index is 13.5. The summed E-state index contributed by atoms with van der Waals surface area (Å²) < 4.78 is 18.9. The Labute approximate surface area is 221 Å². The minimum absolute atomic E-state index is 0.210. The molecule has 9 heteroatoms. The fraction of sp³-hybridized carbons (Fsp3) is 0.448. The number of carboxylic acid groups (broad SMARTS) is 1. The van der Waals surface area contributed by atoms with Gasteiger partial charge < -0.3 is 20.1 Å². The van der Waals surface area contributed by atoms with Gasteiger partial charge in [0.15, 0.2) is 5.82 Å². The molecule has 198 valence electrons. The van der Waals surface area contributed by atoms with Crippen LogP contribution in [0.4, 0.5) is 21.6 Å². The molecule has 4 heterocycles. The first kappa shape index (κ1) is 24.6. The van der Waals surface area contributed by atoms with Gasteiger partial charge in [-0.15, -0.1) is 0 Å². The van der Waals surface area contributed by atoms with Crippen LogP contribution in [-0.4, -0.2) is 44.7 Å². The Kier molecular flexibility index (Phi) is 6.37. The SMILES string of the molecule is CCOc1ncc(Nc2cc(C3(C(=O)O)CCC3)cnc2N2C3CCC2CC(c2ccc(F)cc2)C3)cn1. The van der Waals surface area contributed by atoms with Crippen molar-refractivity contribution in [3.05, 3.63) is 65.9 Å². The number of halogens is 1. The normalized spacial score (nSPS) is 23.5. The second kappa shape index (κ2) is 9.85. The number of fused-ring (bicyclic) bond motifs is 2. The third-order valence-corrected chi connectivity index (χ3v) is 8.54. The molecule has 0 spiro atoms. The van der Waals surface area contributed by atoms with E-state index in [-0.39, 0.29) is 5.82 Å². The number of ether oxygens (including phenoxy) is 1. The molecule has 6 rings (SSSR count). The molecule has 1 saturated carbocycles. The van der Waals surface area contributed by atoms with E-state index in [4.69, 9.17) is 9.72 Å². The summed E-state index contributed by atoms with van der Waals surface area (Å²) >= 11 is 0. The summed E-state index contributed by atoms with van der Waals surface area (Å²) in [5, 5.41) is 13.5. The third-order valence-electron chi connectivity index (χ3n) is 8.54. The molecule has 3 aromatic rings. The molecular formula is C29H32FN5O3. The van der Waals surface area contributed by atoms with Crippen LogP contribution < -0.4 is 15.0 Å². The van der Waals surface area contributed by atoms with Gasteiger partial charge in [0.25, 0.3) is 0 Å². The number of nitrogens with one attached hydrogen (secondary N) is 1. The highest BCUT2D eigenvalue weighted by Gasteiger charge is 2.47. The van der Waals surface area contributed by atoms with Gasteiger partial charge >= 0.3 is 12.0 Å². The molecule has 0 radical (unpaired) electrons. The average Bonchev–Trinajstić information content (AvgIpc) is 3.13. The van der Waals surface area contributed by atoms with E-state index in [0.29, 0.717) is 49.1 Å². The molecule has 2 unspecified atom stereocenters. The Morgan fingerprint density at radius 1 is 1.11 bits per heavy atom. The van der Waals surface area contributed by atoms with Crippen LogP contribution in [0.3, 0.4) is 0 Å². The van der Waals surface area contributed by atoms with Crippen molar-refractivity contribution in [1.29, 1.82) is 0 Å². The molecule has 2 aromatic heterocycles. The van der Waals surface area contributed by atoms with Gasteiger partial charge in [0.2, 0.25) is 0 Å². The van der Waals surface area contributed by atoms with Gasteiger partial charge in [0, 0.05) is 18.3 Å². The lowest BCUT2D eigenvalue weighted by Gasteiger charge is -2.42. The summed E-state index contributed by atoms with van der Waals surface area (Å²) in [6.07, 6.45) is 11.3. The van der Waals surface area contributed by atoms with Crippen LogP contribution in [-0.2, 0) is 10.2 Å². The Hall–Kier alpha value is -3.75. The van der Waals surface area contributed by atoms with Crippen molar-refractivity contribution < 1.29 is 19.0 Å². The predicted molar refractivity (Wildman–Crippen MR) is 142 cm³/mol. The van der Waals surface area contributed by atoms with Crippen LogP contribution in [0, 0.1) is 5.82 Å². The molecule has 1 aliphatic carbocycles. The molecule has 3 fully saturated rings. The summed E-state index contributed by atoms with van der Waals surface area (Å²) in [4.78, 5) is 28.1. The summed E-state index contributed by atoms with van der Waals surface area (Å²) in [7, 11) is 0. The van der Waals surface area contributed by atoms with Gasteiger partial charge in [-0.3, -0.25) is 4.79 Å². The maximum atomic E-state index is 13.5. The molecule has 0 amide bonds. The molecule has 2 atom stereocenters. The number of nitrogens with zero attached hydrogens (tertiary/aromatic N) is 4. The largest absolute Gasteiger partial charge is 0.481 e. The first-order valence-corrected chi connectivity index (χ1v) is 13.5. The summed E-state index contributed by atoms with van der Waals surface area (Å²) in [5.74, 6) is 0.198. The van der Waals surface area contributed by atoms with Crippen molar-refractivity contribution in [1.82, 2.24) is 15.0 Å². The van der Waals surface area contributed by atoms with E-state index < -0.39 is 11.4 Å².